The molecule has 0 saturated heterocycles. The Morgan fingerprint density at radius 2 is 1.40 bits per heavy atom. The van der Waals surface area contributed by atoms with Gasteiger partial charge in [-0.05, 0) is 16.9 Å². The summed E-state index contributed by atoms with van der Waals surface area (Å²) in [6.07, 6.45) is 10.4. The molecule has 0 rings (SSSR count). The van der Waals surface area contributed by atoms with E-state index in [0.717, 1.165) is 13.0 Å². The van der Waals surface area contributed by atoms with Crippen LogP contribution in [0.2, 0.25) is 0 Å². The second kappa shape index (κ2) is 16.2. The van der Waals surface area contributed by atoms with Crippen LogP contribution in [0.5, 0.6) is 0 Å². The summed E-state index contributed by atoms with van der Waals surface area (Å²) < 4.78 is 0. The first kappa shape index (κ1) is 17.1. The zero-order chi connectivity index (χ0) is 10.5. The van der Waals surface area contributed by atoms with E-state index in [9.17, 15) is 0 Å². The van der Waals surface area contributed by atoms with Crippen LogP contribution >= 0.6 is 0 Å². The molecule has 0 bridgehead atoms. The average molecular weight is 262 g/mol. The van der Waals surface area contributed by atoms with Gasteiger partial charge in [-0.1, -0.05) is 51.9 Å². The molecule has 4 nitrogen and oxygen atoms in total. The number of hydrogen-bond acceptors (Lipinski definition) is 2. The monoisotopic (exact) mass is 261 g/mol. The predicted molar refractivity (Wildman–Crippen MR) is 57.5 cm³/mol. The van der Waals surface area contributed by atoms with Crippen LogP contribution in [0.1, 0.15) is 58.3 Å². The van der Waals surface area contributed by atoms with Crippen molar-refractivity contribution >= 4 is 0 Å². The molecule has 0 aromatic heterocycles. The molecule has 0 aliphatic carbocycles. The SMILES string of the molecule is CCCCCCCCCCN=NN=N.[Cu]. The molecule has 0 unspecified atom stereocenters. The number of nitrogens with one attached hydrogen (secondary N) is 1. The molecule has 93 valence electrons. The Morgan fingerprint density at radius 1 is 0.867 bits per heavy atom. The van der Waals surface area contributed by atoms with Gasteiger partial charge in [-0.3, -0.25) is 0 Å². The zero-order valence-electron chi connectivity index (χ0n) is 9.51. The first-order valence-corrected chi connectivity index (χ1v) is 5.65. The molecule has 0 atom stereocenters. The molecule has 0 amide bonds. The number of nitrogens with zero attached hydrogens (tertiary/aromatic N) is 3. The Morgan fingerprint density at radius 3 is 1.93 bits per heavy atom. The fraction of sp³-hybridized carbons (Fsp3) is 1.00. The quantitative estimate of drug-likeness (QED) is 0.260. The van der Waals surface area contributed by atoms with Crippen LogP contribution in [0, 0.1) is 5.53 Å². The van der Waals surface area contributed by atoms with Gasteiger partial charge in [-0.15, -0.1) is 0 Å². The third-order valence-electron chi connectivity index (χ3n) is 2.22. The normalized spacial score (nSPS) is 10.2. The van der Waals surface area contributed by atoms with Crippen molar-refractivity contribution in [3.63, 3.8) is 0 Å². The van der Waals surface area contributed by atoms with Crippen LogP contribution in [0.3, 0.4) is 0 Å². The van der Waals surface area contributed by atoms with Crippen LogP contribution in [0.25, 0.3) is 0 Å². The van der Waals surface area contributed by atoms with E-state index in [2.05, 4.69) is 22.5 Å². The van der Waals surface area contributed by atoms with Crippen molar-refractivity contribution in [3.8, 4) is 0 Å². The molecule has 0 fully saturated rings. The Kier molecular flexibility index (Phi) is 18.5. The molecule has 0 spiro atoms. The first-order chi connectivity index (χ1) is 6.91. The summed E-state index contributed by atoms with van der Waals surface area (Å²) >= 11 is 0. The third kappa shape index (κ3) is 16.4. The second-order valence-corrected chi connectivity index (χ2v) is 3.53. The van der Waals surface area contributed by atoms with Gasteiger partial charge in [0.15, 0.2) is 0 Å². The number of rotatable bonds is 10. The standard InChI is InChI=1S/C10H22N4.Cu/c1-2-3-4-5-6-7-8-9-10-12-14-13-11;/h11H,2-10H2,1H3;. The summed E-state index contributed by atoms with van der Waals surface area (Å²) in [5, 5.41) is 9.77. The van der Waals surface area contributed by atoms with Gasteiger partial charge in [0.05, 0.1) is 6.54 Å². The summed E-state index contributed by atoms with van der Waals surface area (Å²) in [6, 6.07) is 0. The Bertz CT molecular complexity index is 150. The van der Waals surface area contributed by atoms with Crippen molar-refractivity contribution < 1.29 is 17.1 Å². The van der Waals surface area contributed by atoms with Crippen LogP contribution in [0.4, 0.5) is 0 Å². The van der Waals surface area contributed by atoms with Gasteiger partial charge in [-0.25, -0.2) is 0 Å². The molecule has 1 radical (unpaired) electrons. The van der Waals surface area contributed by atoms with E-state index < -0.39 is 0 Å². The van der Waals surface area contributed by atoms with Crippen molar-refractivity contribution in [3.05, 3.63) is 0 Å². The van der Waals surface area contributed by atoms with Gasteiger partial charge < -0.3 is 0 Å². The molecular formula is C10H22CuN4. The largest absolute Gasteiger partial charge is 0.183 e. The van der Waals surface area contributed by atoms with E-state index in [0.29, 0.717) is 0 Å². The van der Waals surface area contributed by atoms with Crippen molar-refractivity contribution in [1.29, 1.82) is 5.53 Å². The summed E-state index contributed by atoms with van der Waals surface area (Å²) in [5.74, 6) is 0. The van der Waals surface area contributed by atoms with Gasteiger partial charge in [0, 0.05) is 17.1 Å². The van der Waals surface area contributed by atoms with Gasteiger partial charge >= 0.3 is 0 Å². The van der Waals surface area contributed by atoms with Gasteiger partial charge in [0.1, 0.15) is 0 Å². The van der Waals surface area contributed by atoms with Crippen LogP contribution in [-0.2, 0) is 17.1 Å². The molecular weight excluding hydrogens is 240 g/mol. The van der Waals surface area contributed by atoms with E-state index in [4.69, 9.17) is 5.53 Å². The molecule has 0 aromatic carbocycles. The van der Waals surface area contributed by atoms with E-state index >= 15 is 0 Å². The third-order valence-corrected chi connectivity index (χ3v) is 2.22. The molecule has 1 N–H and O–H groups in total. The minimum absolute atomic E-state index is 0. The van der Waals surface area contributed by atoms with Gasteiger partial charge in [0.2, 0.25) is 0 Å². The topological polar surface area (TPSA) is 60.9 Å². The van der Waals surface area contributed by atoms with Crippen molar-refractivity contribution in [2.24, 2.45) is 15.6 Å². The Balaban J connectivity index is 0. The Labute approximate surface area is 103 Å². The minimum Gasteiger partial charge on any atom is -0.183 e. The van der Waals surface area contributed by atoms with Gasteiger partial charge in [-0.2, -0.15) is 10.6 Å². The molecule has 0 aliphatic heterocycles. The summed E-state index contributed by atoms with van der Waals surface area (Å²) in [6.45, 7) is 2.96. The minimum atomic E-state index is 0. The van der Waals surface area contributed by atoms with E-state index in [1.807, 2.05) is 0 Å². The van der Waals surface area contributed by atoms with Crippen molar-refractivity contribution in [2.45, 2.75) is 58.3 Å². The maximum Gasteiger partial charge on any atom is 0.0621 e. The van der Waals surface area contributed by atoms with E-state index in [-0.39, 0.29) is 17.1 Å². The fourth-order valence-electron chi connectivity index (χ4n) is 1.39. The van der Waals surface area contributed by atoms with E-state index in [1.54, 1.807) is 0 Å². The summed E-state index contributed by atoms with van der Waals surface area (Å²) in [4.78, 5) is 0. The van der Waals surface area contributed by atoms with Crippen molar-refractivity contribution in [2.75, 3.05) is 6.54 Å². The van der Waals surface area contributed by atoms with Crippen LogP contribution in [-0.4, -0.2) is 6.54 Å². The van der Waals surface area contributed by atoms with Crippen LogP contribution < -0.4 is 0 Å². The smallest absolute Gasteiger partial charge is 0.0621 e. The first-order valence-electron chi connectivity index (χ1n) is 5.65. The van der Waals surface area contributed by atoms with Crippen LogP contribution in [0.15, 0.2) is 15.6 Å². The number of hydrogen-bond donors (Lipinski definition) is 1. The maximum atomic E-state index is 6.38. The molecule has 5 heteroatoms. The Hall–Kier alpha value is -0.281. The second-order valence-electron chi connectivity index (χ2n) is 3.53. The van der Waals surface area contributed by atoms with Gasteiger partial charge in [0.25, 0.3) is 0 Å². The van der Waals surface area contributed by atoms with Crippen molar-refractivity contribution in [1.82, 2.24) is 0 Å². The predicted octanol–water partition coefficient (Wildman–Crippen LogP) is 4.52. The van der Waals surface area contributed by atoms with E-state index in [1.165, 1.54) is 44.9 Å². The average Bonchev–Trinajstić information content (AvgIpc) is 2.21. The summed E-state index contributed by atoms with van der Waals surface area (Å²) in [7, 11) is 0. The maximum absolute atomic E-state index is 6.38. The molecule has 0 aliphatic rings. The molecule has 15 heavy (non-hydrogen) atoms. The zero-order valence-corrected chi connectivity index (χ0v) is 10.4. The summed E-state index contributed by atoms with van der Waals surface area (Å²) in [5.41, 5.74) is 6.38. The molecule has 0 heterocycles. The fourth-order valence-corrected chi connectivity index (χ4v) is 1.39. The number of unbranched alkanes of at least 4 members (excludes halogenated alkanes) is 7. The molecule has 0 saturated carbocycles. The molecule has 0 aromatic rings.